The van der Waals surface area contributed by atoms with Crippen LogP contribution in [-0.2, 0) is 17.8 Å². The second kappa shape index (κ2) is 7.17. The van der Waals surface area contributed by atoms with E-state index in [-0.39, 0.29) is 5.91 Å². The molecule has 4 aromatic rings. The third-order valence-corrected chi connectivity index (χ3v) is 5.25. The quantitative estimate of drug-likeness (QED) is 0.513. The number of aromatic nitrogens is 2. The maximum Gasteiger partial charge on any atom is 0.219 e. The van der Waals surface area contributed by atoms with Crippen LogP contribution in [0.15, 0.2) is 64.7 Å². The van der Waals surface area contributed by atoms with E-state index in [1.54, 1.807) is 29.4 Å². The van der Waals surface area contributed by atoms with Crippen LogP contribution in [0.3, 0.4) is 0 Å². The monoisotopic (exact) mass is 365 g/mol. The molecule has 1 amide bonds. The molecule has 5 nitrogen and oxygen atoms in total. The predicted octanol–water partition coefficient (Wildman–Crippen LogP) is 4.25. The van der Waals surface area contributed by atoms with Crippen molar-refractivity contribution in [2.75, 3.05) is 6.54 Å². The van der Waals surface area contributed by atoms with Crippen molar-refractivity contribution in [3.8, 4) is 11.3 Å². The summed E-state index contributed by atoms with van der Waals surface area (Å²) in [6.07, 6.45) is 4.47. The number of carbonyl (C=O) groups is 1. The Labute approximate surface area is 155 Å². The van der Waals surface area contributed by atoms with E-state index in [9.17, 15) is 4.79 Å². The summed E-state index contributed by atoms with van der Waals surface area (Å²) in [5, 5.41) is 2.11. The van der Waals surface area contributed by atoms with Crippen LogP contribution in [0.5, 0.6) is 0 Å². The molecule has 132 valence electrons. The molecular formula is C20H19N3O2S. The SMILES string of the molecule is CC(=O)N(CCc1csc2nc(-c3ccccc3)cn12)Cc1ccco1. The molecule has 0 fully saturated rings. The van der Waals surface area contributed by atoms with Crippen LogP contribution in [0.2, 0.25) is 0 Å². The van der Waals surface area contributed by atoms with E-state index in [1.807, 2.05) is 30.3 Å². The number of amides is 1. The number of hydrogen-bond donors (Lipinski definition) is 0. The fraction of sp³-hybridized carbons (Fsp3) is 0.200. The number of nitrogens with zero attached hydrogens (tertiary/aromatic N) is 3. The van der Waals surface area contributed by atoms with Crippen molar-refractivity contribution in [2.45, 2.75) is 19.9 Å². The van der Waals surface area contributed by atoms with E-state index in [0.717, 1.165) is 34.1 Å². The minimum Gasteiger partial charge on any atom is -0.467 e. The fourth-order valence-electron chi connectivity index (χ4n) is 2.95. The standard InChI is InChI=1S/C20H19N3O2S/c1-15(24)22(12-18-8-5-11-25-18)10-9-17-14-26-20-21-19(13-23(17)20)16-6-3-2-4-7-16/h2-8,11,13-14H,9-10,12H2,1H3. The first-order valence-corrected chi connectivity index (χ1v) is 9.37. The van der Waals surface area contributed by atoms with Crippen LogP contribution in [0, 0.1) is 0 Å². The molecule has 1 aromatic carbocycles. The highest BCUT2D eigenvalue weighted by molar-refractivity contribution is 7.15. The topological polar surface area (TPSA) is 50.8 Å². The van der Waals surface area contributed by atoms with Gasteiger partial charge in [0, 0.05) is 42.7 Å². The smallest absolute Gasteiger partial charge is 0.219 e. The predicted molar refractivity (Wildman–Crippen MR) is 102 cm³/mol. The second-order valence-electron chi connectivity index (χ2n) is 6.14. The third-order valence-electron chi connectivity index (χ3n) is 4.36. The Balaban J connectivity index is 1.51. The fourth-order valence-corrected chi connectivity index (χ4v) is 3.85. The Kier molecular flexibility index (Phi) is 4.58. The summed E-state index contributed by atoms with van der Waals surface area (Å²) >= 11 is 1.62. The van der Waals surface area contributed by atoms with Gasteiger partial charge in [0.2, 0.25) is 5.91 Å². The number of hydrogen-bond acceptors (Lipinski definition) is 4. The van der Waals surface area contributed by atoms with E-state index in [1.165, 1.54) is 0 Å². The minimum absolute atomic E-state index is 0.0449. The third kappa shape index (κ3) is 3.41. The van der Waals surface area contributed by atoms with Crippen molar-refractivity contribution in [2.24, 2.45) is 0 Å². The van der Waals surface area contributed by atoms with Gasteiger partial charge in [0.25, 0.3) is 0 Å². The molecule has 3 aromatic heterocycles. The average Bonchev–Trinajstić information content (AvgIpc) is 3.37. The first-order chi connectivity index (χ1) is 12.7. The molecule has 0 atom stereocenters. The van der Waals surface area contributed by atoms with Crippen LogP contribution in [0.1, 0.15) is 18.4 Å². The summed E-state index contributed by atoms with van der Waals surface area (Å²) in [6, 6.07) is 13.9. The average molecular weight is 365 g/mol. The van der Waals surface area contributed by atoms with Gasteiger partial charge in [0.1, 0.15) is 5.76 Å². The van der Waals surface area contributed by atoms with Crippen LogP contribution >= 0.6 is 11.3 Å². The molecule has 0 saturated heterocycles. The molecule has 0 spiro atoms. The van der Waals surface area contributed by atoms with Gasteiger partial charge in [0.15, 0.2) is 4.96 Å². The first kappa shape index (κ1) is 16.6. The summed E-state index contributed by atoms with van der Waals surface area (Å²) in [5.74, 6) is 0.841. The molecule has 0 N–H and O–H groups in total. The number of imidazole rings is 1. The molecule has 3 heterocycles. The van der Waals surface area contributed by atoms with Gasteiger partial charge in [-0.05, 0) is 12.1 Å². The normalized spacial score (nSPS) is 11.1. The summed E-state index contributed by atoms with van der Waals surface area (Å²) in [4.78, 5) is 19.4. The Morgan fingerprint density at radius 3 is 2.81 bits per heavy atom. The number of fused-ring (bicyclic) bond motifs is 1. The van der Waals surface area contributed by atoms with Crippen molar-refractivity contribution >= 4 is 22.2 Å². The maximum atomic E-state index is 12.0. The van der Waals surface area contributed by atoms with Gasteiger partial charge in [-0.3, -0.25) is 9.20 Å². The lowest BCUT2D eigenvalue weighted by Crippen LogP contribution is -2.30. The van der Waals surface area contributed by atoms with Crippen molar-refractivity contribution in [3.63, 3.8) is 0 Å². The van der Waals surface area contributed by atoms with Gasteiger partial charge in [0.05, 0.1) is 18.5 Å². The molecule has 4 rings (SSSR count). The van der Waals surface area contributed by atoms with Crippen LogP contribution < -0.4 is 0 Å². The Bertz CT molecular complexity index is 1000. The minimum atomic E-state index is 0.0449. The molecule has 0 saturated carbocycles. The molecular weight excluding hydrogens is 346 g/mol. The Morgan fingerprint density at radius 2 is 2.08 bits per heavy atom. The Hall–Kier alpha value is -2.86. The van der Waals surface area contributed by atoms with Gasteiger partial charge in [-0.25, -0.2) is 4.98 Å². The molecule has 0 aliphatic carbocycles. The van der Waals surface area contributed by atoms with Crippen molar-refractivity contribution in [1.82, 2.24) is 14.3 Å². The highest BCUT2D eigenvalue weighted by Gasteiger charge is 2.14. The first-order valence-electron chi connectivity index (χ1n) is 8.49. The van der Waals surface area contributed by atoms with E-state index >= 15 is 0 Å². The summed E-state index contributed by atoms with van der Waals surface area (Å²) in [5.41, 5.74) is 3.24. The Morgan fingerprint density at radius 1 is 1.23 bits per heavy atom. The van der Waals surface area contributed by atoms with Gasteiger partial charge < -0.3 is 9.32 Å². The number of thiazole rings is 1. The van der Waals surface area contributed by atoms with Gasteiger partial charge >= 0.3 is 0 Å². The zero-order chi connectivity index (χ0) is 17.9. The summed E-state index contributed by atoms with van der Waals surface area (Å²) in [7, 11) is 0. The van der Waals surface area contributed by atoms with Crippen LogP contribution in [0.25, 0.3) is 16.2 Å². The molecule has 0 unspecified atom stereocenters. The largest absolute Gasteiger partial charge is 0.467 e. The zero-order valence-corrected chi connectivity index (χ0v) is 15.3. The molecule has 0 aliphatic heterocycles. The van der Waals surface area contributed by atoms with Crippen LogP contribution in [-0.4, -0.2) is 26.7 Å². The van der Waals surface area contributed by atoms with Gasteiger partial charge in [-0.2, -0.15) is 0 Å². The summed E-state index contributed by atoms with van der Waals surface area (Å²) < 4.78 is 7.49. The lowest BCUT2D eigenvalue weighted by Gasteiger charge is -2.19. The molecule has 0 aliphatic rings. The van der Waals surface area contributed by atoms with Crippen molar-refractivity contribution < 1.29 is 9.21 Å². The van der Waals surface area contributed by atoms with Crippen LogP contribution in [0.4, 0.5) is 0 Å². The van der Waals surface area contributed by atoms with Gasteiger partial charge in [-0.15, -0.1) is 11.3 Å². The lowest BCUT2D eigenvalue weighted by molar-refractivity contribution is -0.129. The highest BCUT2D eigenvalue weighted by atomic mass is 32.1. The maximum absolute atomic E-state index is 12.0. The van der Waals surface area contributed by atoms with E-state index < -0.39 is 0 Å². The van der Waals surface area contributed by atoms with E-state index in [0.29, 0.717) is 13.1 Å². The second-order valence-corrected chi connectivity index (χ2v) is 6.98. The zero-order valence-electron chi connectivity index (χ0n) is 14.5. The van der Waals surface area contributed by atoms with E-state index in [4.69, 9.17) is 9.40 Å². The molecule has 0 radical (unpaired) electrons. The molecule has 0 bridgehead atoms. The number of rotatable bonds is 6. The highest BCUT2D eigenvalue weighted by Crippen LogP contribution is 2.24. The molecule has 26 heavy (non-hydrogen) atoms. The lowest BCUT2D eigenvalue weighted by atomic mass is 10.2. The van der Waals surface area contributed by atoms with Crippen molar-refractivity contribution in [3.05, 3.63) is 71.8 Å². The number of benzene rings is 1. The van der Waals surface area contributed by atoms with Gasteiger partial charge in [-0.1, -0.05) is 30.3 Å². The van der Waals surface area contributed by atoms with Crippen molar-refractivity contribution in [1.29, 1.82) is 0 Å². The van der Waals surface area contributed by atoms with E-state index in [2.05, 4.69) is 28.1 Å². The summed E-state index contributed by atoms with van der Waals surface area (Å²) in [6.45, 7) is 2.73. The number of furan rings is 1. The molecule has 6 heteroatoms. The number of carbonyl (C=O) groups excluding carboxylic acids is 1.